The lowest BCUT2D eigenvalue weighted by Gasteiger charge is -2.12. The number of primary sulfonamides is 1. The summed E-state index contributed by atoms with van der Waals surface area (Å²) in [5, 5.41) is 7.91. The summed E-state index contributed by atoms with van der Waals surface area (Å²) in [4.78, 5) is 12.9. The second kappa shape index (κ2) is 6.42. The Morgan fingerprint density at radius 3 is 2.62 bits per heavy atom. The molecule has 1 unspecified atom stereocenters. The SMILES string of the molecule is CC(NC(=O)c1cccc(I)c1)c1ccc(S(N)(=O)=O)s1. The summed E-state index contributed by atoms with van der Waals surface area (Å²) >= 11 is 3.20. The van der Waals surface area contributed by atoms with Crippen molar-refractivity contribution in [1.82, 2.24) is 5.32 Å². The van der Waals surface area contributed by atoms with Crippen LogP contribution >= 0.6 is 33.9 Å². The Balaban J connectivity index is 2.13. The van der Waals surface area contributed by atoms with Gasteiger partial charge in [-0.15, -0.1) is 11.3 Å². The van der Waals surface area contributed by atoms with Gasteiger partial charge in [-0.25, -0.2) is 13.6 Å². The molecular formula is C13H13IN2O3S2. The van der Waals surface area contributed by atoms with Gasteiger partial charge in [0.15, 0.2) is 0 Å². The van der Waals surface area contributed by atoms with Gasteiger partial charge in [-0.2, -0.15) is 0 Å². The molecule has 0 spiro atoms. The number of halogens is 1. The van der Waals surface area contributed by atoms with Crippen molar-refractivity contribution >= 4 is 49.9 Å². The number of carbonyl (C=O) groups excluding carboxylic acids is 1. The highest BCUT2D eigenvalue weighted by molar-refractivity contribution is 14.1. The first kappa shape index (κ1) is 16.4. The molecule has 0 aliphatic carbocycles. The van der Waals surface area contributed by atoms with E-state index in [-0.39, 0.29) is 16.2 Å². The van der Waals surface area contributed by atoms with E-state index in [2.05, 4.69) is 27.9 Å². The van der Waals surface area contributed by atoms with Crippen LogP contribution in [0.5, 0.6) is 0 Å². The van der Waals surface area contributed by atoms with Gasteiger partial charge in [-0.3, -0.25) is 4.79 Å². The molecule has 0 saturated heterocycles. The van der Waals surface area contributed by atoms with E-state index in [1.165, 1.54) is 6.07 Å². The first-order valence-electron chi connectivity index (χ1n) is 5.96. The largest absolute Gasteiger partial charge is 0.345 e. The van der Waals surface area contributed by atoms with E-state index >= 15 is 0 Å². The van der Waals surface area contributed by atoms with Gasteiger partial charge in [0.2, 0.25) is 10.0 Å². The number of nitrogens with two attached hydrogens (primary N) is 1. The monoisotopic (exact) mass is 436 g/mol. The second-order valence-corrected chi connectivity index (χ2v) is 8.56. The molecule has 1 aromatic carbocycles. The fourth-order valence-electron chi connectivity index (χ4n) is 1.70. The third-order valence-corrected chi connectivity index (χ3v) is 6.12. The fourth-order valence-corrected chi connectivity index (χ4v) is 4.00. The number of hydrogen-bond acceptors (Lipinski definition) is 4. The zero-order valence-electron chi connectivity index (χ0n) is 11.0. The Kier molecular flexibility index (Phi) is 5.02. The van der Waals surface area contributed by atoms with Crippen LogP contribution in [0.3, 0.4) is 0 Å². The third kappa shape index (κ3) is 4.25. The quantitative estimate of drug-likeness (QED) is 0.722. The van der Waals surface area contributed by atoms with Crippen LogP contribution < -0.4 is 10.5 Å². The van der Waals surface area contributed by atoms with Crippen molar-refractivity contribution in [2.45, 2.75) is 17.2 Å². The van der Waals surface area contributed by atoms with Crippen LogP contribution in [0.15, 0.2) is 40.6 Å². The average Bonchev–Trinajstić information content (AvgIpc) is 2.88. The summed E-state index contributed by atoms with van der Waals surface area (Å²) in [6.07, 6.45) is 0. The molecule has 112 valence electrons. The molecule has 21 heavy (non-hydrogen) atoms. The molecular weight excluding hydrogens is 423 g/mol. The Morgan fingerprint density at radius 2 is 2.05 bits per heavy atom. The normalized spacial score (nSPS) is 12.9. The van der Waals surface area contributed by atoms with Gasteiger partial charge >= 0.3 is 0 Å². The van der Waals surface area contributed by atoms with Gasteiger partial charge in [0.05, 0.1) is 6.04 Å². The van der Waals surface area contributed by atoms with Crippen molar-refractivity contribution in [1.29, 1.82) is 0 Å². The standard InChI is InChI=1S/C13H13IN2O3S2/c1-8(11-5-6-12(20-11)21(15,18)19)16-13(17)9-3-2-4-10(14)7-9/h2-8H,1H3,(H,16,17)(H2,15,18,19). The first-order valence-corrected chi connectivity index (χ1v) is 9.40. The summed E-state index contributed by atoms with van der Waals surface area (Å²) in [5.74, 6) is -0.202. The molecule has 0 saturated carbocycles. The molecule has 1 atom stereocenters. The van der Waals surface area contributed by atoms with Crippen LogP contribution in [0.1, 0.15) is 28.2 Å². The molecule has 3 N–H and O–H groups in total. The first-order chi connectivity index (χ1) is 9.77. The van der Waals surface area contributed by atoms with E-state index < -0.39 is 10.0 Å². The molecule has 0 aliphatic heterocycles. The smallest absolute Gasteiger partial charge is 0.251 e. The maximum atomic E-state index is 12.1. The topological polar surface area (TPSA) is 89.3 Å². The predicted octanol–water partition coefficient (Wildman–Crippen LogP) is 2.49. The van der Waals surface area contributed by atoms with E-state index in [4.69, 9.17) is 5.14 Å². The number of thiophene rings is 1. The summed E-state index contributed by atoms with van der Waals surface area (Å²) in [6.45, 7) is 1.80. The van der Waals surface area contributed by atoms with Crippen molar-refractivity contribution < 1.29 is 13.2 Å². The Labute approximate surface area is 140 Å². The zero-order chi connectivity index (χ0) is 15.6. The van der Waals surface area contributed by atoms with Gasteiger partial charge in [-0.05, 0) is 59.8 Å². The van der Waals surface area contributed by atoms with Gasteiger partial charge in [0.25, 0.3) is 5.91 Å². The van der Waals surface area contributed by atoms with Crippen LogP contribution in [0.4, 0.5) is 0 Å². The minimum absolute atomic E-state index is 0.0906. The number of carbonyl (C=O) groups is 1. The van der Waals surface area contributed by atoms with E-state index in [1.807, 2.05) is 12.1 Å². The maximum Gasteiger partial charge on any atom is 0.251 e. The number of benzene rings is 1. The molecule has 8 heteroatoms. The maximum absolute atomic E-state index is 12.1. The summed E-state index contributed by atoms with van der Waals surface area (Å²) < 4.78 is 23.6. The van der Waals surface area contributed by atoms with E-state index in [9.17, 15) is 13.2 Å². The molecule has 1 amide bonds. The van der Waals surface area contributed by atoms with Gasteiger partial charge in [-0.1, -0.05) is 6.07 Å². The van der Waals surface area contributed by atoms with Crippen LogP contribution in [-0.4, -0.2) is 14.3 Å². The van der Waals surface area contributed by atoms with Crippen molar-refractivity contribution in [2.24, 2.45) is 5.14 Å². The summed E-state index contributed by atoms with van der Waals surface area (Å²) in [5.41, 5.74) is 0.567. The van der Waals surface area contributed by atoms with Crippen LogP contribution in [-0.2, 0) is 10.0 Å². The number of sulfonamides is 1. The number of rotatable bonds is 4. The van der Waals surface area contributed by atoms with Gasteiger partial charge < -0.3 is 5.32 Å². The number of nitrogens with one attached hydrogen (secondary N) is 1. The minimum Gasteiger partial charge on any atom is -0.345 e. The lowest BCUT2D eigenvalue weighted by atomic mass is 10.2. The van der Waals surface area contributed by atoms with Gasteiger partial charge in [0.1, 0.15) is 4.21 Å². The third-order valence-electron chi connectivity index (χ3n) is 2.74. The average molecular weight is 436 g/mol. The number of amides is 1. The second-order valence-electron chi connectivity index (χ2n) is 4.41. The summed E-state index contributed by atoms with van der Waals surface area (Å²) in [6, 6.07) is 10.0. The van der Waals surface area contributed by atoms with E-state index in [0.717, 1.165) is 19.8 Å². The molecule has 0 radical (unpaired) electrons. The molecule has 5 nitrogen and oxygen atoms in total. The molecule has 0 fully saturated rings. The minimum atomic E-state index is -3.70. The molecule has 0 aliphatic rings. The van der Waals surface area contributed by atoms with Crippen molar-refractivity contribution in [3.63, 3.8) is 0 Å². The van der Waals surface area contributed by atoms with Crippen molar-refractivity contribution in [3.05, 3.63) is 50.4 Å². The molecule has 2 rings (SSSR count). The summed E-state index contributed by atoms with van der Waals surface area (Å²) in [7, 11) is -3.70. The molecule has 0 bridgehead atoms. The van der Waals surface area contributed by atoms with E-state index in [0.29, 0.717) is 5.56 Å². The van der Waals surface area contributed by atoms with Crippen molar-refractivity contribution in [2.75, 3.05) is 0 Å². The van der Waals surface area contributed by atoms with Crippen molar-refractivity contribution in [3.8, 4) is 0 Å². The highest BCUT2D eigenvalue weighted by Crippen LogP contribution is 2.26. The Bertz CT molecular complexity index is 771. The Hall–Kier alpha value is -0.970. The fraction of sp³-hybridized carbons (Fsp3) is 0.154. The van der Waals surface area contributed by atoms with Crippen LogP contribution in [0, 0.1) is 3.57 Å². The highest BCUT2D eigenvalue weighted by Gasteiger charge is 2.17. The highest BCUT2D eigenvalue weighted by atomic mass is 127. The molecule has 1 aromatic heterocycles. The zero-order valence-corrected chi connectivity index (χ0v) is 14.8. The molecule has 2 aromatic rings. The van der Waals surface area contributed by atoms with E-state index in [1.54, 1.807) is 25.1 Å². The van der Waals surface area contributed by atoms with Crippen LogP contribution in [0.2, 0.25) is 0 Å². The van der Waals surface area contributed by atoms with Gasteiger partial charge in [0, 0.05) is 14.0 Å². The Morgan fingerprint density at radius 1 is 1.33 bits per heavy atom. The number of hydrogen-bond donors (Lipinski definition) is 2. The molecule has 1 heterocycles. The lowest BCUT2D eigenvalue weighted by molar-refractivity contribution is 0.0940. The lowest BCUT2D eigenvalue weighted by Crippen LogP contribution is -2.26. The predicted molar refractivity (Wildman–Crippen MR) is 90.7 cm³/mol. The van der Waals surface area contributed by atoms with Crippen LogP contribution in [0.25, 0.3) is 0 Å².